The Labute approximate surface area is 172 Å². The topological polar surface area (TPSA) is 83.6 Å². The van der Waals surface area contributed by atoms with Crippen molar-refractivity contribution in [2.24, 2.45) is 5.92 Å². The van der Waals surface area contributed by atoms with Crippen LogP contribution in [0, 0.1) is 19.8 Å². The van der Waals surface area contributed by atoms with E-state index in [0.717, 1.165) is 16.8 Å². The molecule has 1 aliphatic rings. The summed E-state index contributed by atoms with van der Waals surface area (Å²) in [4.78, 5) is 24.3. The Hall–Kier alpha value is -2.51. The zero-order valence-electron chi connectivity index (χ0n) is 16.9. The van der Waals surface area contributed by atoms with Gasteiger partial charge in [0, 0.05) is 30.3 Å². The van der Waals surface area contributed by atoms with Crippen LogP contribution in [0.15, 0.2) is 47.4 Å². The van der Waals surface area contributed by atoms with E-state index in [4.69, 9.17) is 0 Å². The number of sulfonamides is 1. The molecule has 0 aliphatic carbocycles. The lowest BCUT2D eigenvalue weighted by Crippen LogP contribution is -2.41. The highest BCUT2D eigenvalue weighted by Crippen LogP contribution is 2.26. The van der Waals surface area contributed by atoms with E-state index in [1.165, 1.54) is 23.4 Å². The van der Waals surface area contributed by atoms with Gasteiger partial charge in [0.1, 0.15) is 0 Å². The molecule has 2 aromatic rings. The molecule has 0 spiro atoms. The van der Waals surface area contributed by atoms with Crippen LogP contribution in [-0.2, 0) is 14.8 Å². The number of ketones is 1. The van der Waals surface area contributed by atoms with Gasteiger partial charge in [0.05, 0.1) is 4.90 Å². The highest BCUT2D eigenvalue weighted by Gasteiger charge is 2.32. The Morgan fingerprint density at radius 2 is 1.62 bits per heavy atom. The molecule has 0 bridgehead atoms. The average molecular weight is 415 g/mol. The van der Waals surface area contributed by atoms with Gasteiger partial charge >= 0.3 is 0 Å². The Morgan fingerprint density at radius 1 is 1.00 bits per heavy atom. The van der Waals surface area contributed by atoms with Gasteiger partial charge in [-0.15, -0.1) is 0 Å². The van der Waals surface area contributed by atoms with Gasteiger partial charge < -0.3 is 5.32 Å². The summed E-state index contributed by atoms with van der Waals surface area (Å²) in [6.07, 6.45) is 0.921. The summed E-state index contributed by atoms with van der Waals surface area (Å²) in [5, 5.41) is 2.95. The van der Waals surface area contributed by atoms with Crippen molar-refractivity contribution in [1.82, 2.24) is 4.31 Å². The monoisotopic (exact) mass is 414 g/mol. The summed E-state index contributed by atoms with van der Waals surface area (Å²) in [5.41, 5.74) is 3.29. The second-order valence-corrected chi connectivity index (χ2v) is 9.57. The van der Waals surface area contributed by atoms with Crippen molar-refractivity contribution in [1.29, 1.82) is 0 Å². The molecule has 7 heteroatoms. The van der Waals surface area contributed by atoms with Gasteiger partial charge in [0.2, 0.25) is 15.9 Å². The lowest BCUT2D eigenvalue weighted by atomic mass is 9.97. The van der Waals surface area contributed by atoms with Crippen LogP contribution >= 0.6 is 0 Å². The first-order valence-corrected chi connectivity index (χ1v) is 11.1. The SMILES string of the molecule is CC(=O)c1cccc(S(=O)(=O)N2CCC(C(=O)Nc3cc(C)cc(C)c3)CC2)c1. The minimum absolute atomic E-state index is 0.0781. The summed E-state index contributed by atoms with van der Waals surface area (Å²) >= 11 is 0. The molecule has 0 aromatic heterocycles. The molecule has 1 aliphatic heterocycles. The lowest BCUT2D eigenvalue weighted by Gasteiger charge is -2.30. The number of hydrogen-bond acceptors (Lipinski definition) is 4. The van der Waals surface area contributed by atoms with Gasteiger partial charge in [-0.05, 0) is 69.0 Å². The number of carbonyl (C=O) groups is 2. The molecule has 1 N–H and O–H groups in total. The van der Waals surface area contributed by atoms with Crippen molar-refractivity contribution in [3.63, 3.8) is 0 Å². The molecule has 1 saturated heterocycles. The maximum absolute atomic E-state index is 12.9. The number of aryl methyl sites for hydroxylation is 2. The fourth-order valence-corrected chi connectivity index (χ4v) is 5.19. The Bertz CT molecular complexity index is 1020. The molecular weight excluding hydrogens is 388 g/mol. The molecule has 1 amide bonds. The van der Waals surface area contributed by atoms with Crippen molar-refractivity contribution in [2.75, 3.05) is 18.4 Å². The zero-order valence-corrected chi connectivity index (χ0v) is 17.8. The number of amides is 1. The first kappa shape index (κ1) is 21.2. The number of nitrogens with zero attached hydrogens (tertiary/aromatic N) is 1. The molecule has 0 unspecified atom stereocenters. The van der Waals surface area contributed by atoms with Crippen LogP contribution in [0.1, 0.15) is 41.3 Å². The standard InChI is InChI=1S/C22H26N2O4S/c1-15-11-16(2)13-20(12-15)23-22(26)18-7-9-24(10-8-18)29(27,28)21-6-4-5-19(14-21)17(3)25/h4-6,11-14,18H,7-10H2,1-3H3,(H,23,26). The number of Topliss-reactive ketones (excluding diaryl/α,β-unsaturated/α-hetero) is 1. The molecule has 0 saturated carbocycles. The molecule has 3 rings (SSSR count). The molecular formula is C22H26N2O4S. The number of hydrogen-bond donors (Lipinski definition) is 1. The second kappa shape index (κ2) is 8.47. The molecule has 6 nitrogen and oxygen atoms in total. The van der Waals surface area contributed by atoms with E-state index in [9.17, 15) is 18.0 Å². The number of piperidine rings is 1. The first-order chi connectivity index (χ1) is 13.7. The minimum Gasteiger partial charge on any atom is -0.326 e. The molecule has 154 valence electrons. The molecule has 29 heavy (non-hydrogen) atoms. The van der Waals surface area contributed by atoms with Crippen LogP contribution < -0.4 is 5.32 Å². The minimum atomic E-state index is -3.69. The van der Waals surface area contributed by atoms with Crippen LogP contribution in [0.4, 0.5) is 5.69 Å². The van der Waals surface area contributed by atoms with Gasteiger partial charge in [-0.3, -0.25) is 9.59 Å². The number of benzene rings is 2. The average Bonchev–Trinajstić information content (AvgIpc) is 2.67. The summed E-state index contributed by atoms with van der Waals surface area (Å²) < 4.78 is 27.2. The molecule has 0 radical (unpaired) electrons. The summed E-state index contributed by atoms with van der Waals surface area (Å²) in [5.74, 6) is -0.486. The van der Waals surface area contributed by atoms with Crippen LogP contribution in [0.25, 0.3) is 0 Å². The largest absolute Gasteiger partial charge is 0.326 e. The smallest absolute Gasteiger partial charge is 0.243 e. The molecule has 0 atom stereocenters. The van der Waals surface area contributed by atoms with E-state index in [1.54, 1.807) is 12.1 Å². The maximum Gasteiger partial charge on any atom is 0.243 e. The molecule has 2 aromatic carbocycles. The van der Waals surface area contributed by atoms with Gasteiger partial charge in [0.15, 0.2) is 5.78 Å². The summed E-state index contributed by atoms with van der Waals surface area (Å²) in [7, 11) is -3.69. The highest BCUT2D eigenvalue weighted by atomic mass is 32.2. The van der Waals surface area contributed by atoms with E-state index in [0.29, 0.717) is 18.4 Å². The van der Waals surface area contributed by atoms with E-state index in [2.05, 4.69) is 5.32 Å². The van der Waals surface area contributed by atoms with Gasteiger partial charge in [0.25, 0.3) is 0 Å². The summed E-state index contributed by atoms with van der Waals surface area (Å²) in [6.45, 7) is 5.92. The van der Waals surface area contributed by atoms with E-state index in [1.807, 2.05) is 32.0 Å². The van der Waals surface area contributed by atoms with Crippen molar-refractivity contribution in [3.8, 4) is 0 Å². The van der Waals surface area contributed by atoms with Crippen molar-refractivity contribution >= 4 is 27.4 Å². The maximum atomic E-state index is 12.9. The van der Waals surface area contributed by atoms with Crippen molar-refractivity contribution < 1.29 is 18.0 Å². The number of anilines is 1. The Kier molecular flexibility index (Phi) is 6.19. The van der Waals surface area contributed by atoms with Crippen LogP contribution in [0.5, 0.6) is 0 Å². The first-order valence-electron chi connectivity index (χ1n) is 9.67. The lowest BCUT2D eigenvalue weighted by molar-refractivity contribution is -0.120. The Balaban J connectivity index is 1.65. The number of rotatable bonds is 5. The van der Waals surface area contributed by atoms with Crippen molar-refractivity contribution in [2.45, 2.75) is 38.5 Å². The third-order valence-corrected chi connectivity index (χ3v) is 7.09. The van der Waals surface area contributed by atoms with Crippen LogP contribution in [-0.4, -0.2) is 37.5 Å². The number of carbonyl (C=O) groups excluding carboxylic acids is 2. The van der Waals surface area contributed by atoms with Gasteiger partial charge in [-0.2, -0.15) is 4.31 Å². The van der Waals surface area contributed by atoms with E-state index >= 15 is 0 Å². The fraction of sp³-hybridized carbons (Fsp3) is 0.364. The van der Waals surface area contributed by atoms with Crippen LogP contribution in [0.2, 0.25) is 0 Å². The predicted molar refractivity (Wildman–Crippen MR) is 112 cm³/mol. The third kappa shape index (κ3) is 4.92. The highest BCUT2D eigenvalue weighted by molar-refractivity contribution is 7.89. The number of nitrogens with one attached hydrogen (secondary N) is 1. The molecule has 1 heterocycles. The van der Waals surface area contributed by atoms with E-state index < -0.39 is 10.0 Å². The summed E-state index contributed by atoms with van der Waals surface area (Å²) in [6, 6.07) is 12.0. The normalized spacial score (nSPS) is 15.8. The molecule has 1 fully saturated rings. The van der Waals surface area contributed by atoms with Crippen LogP contribution in [0.3, 0.4) is 0 Å². The quantitative estimate of drug-likeness (QED) is 0.759. The second-order valence-electron chi connectivity index (χ2n) is 7.63. The Morgan fingerprint density at radius 3 is 2.21 bits per heavy atom. The third-order valence-electron chi connectivity index (χ3n) is 5.19. The van der Waals surface area contributed by atoms with E-state index in [-0.39, 0.29) is 35.6 Å². The fourth-order valence-electron chi connectivity index (χ4n) is 3.67. The predicted octanol–water partition coefficient (Wildman–Crippen LogP) is 3.55. The van der Waals surface area contributed by atoms with Gasteiger partial charge in [-0.1, -0.05) is 18.2 Å². The van der Waals surface area contributed by atoms with Gasteiger partial charge in [-0.25, -0.2) is 8.42 Å². The zero-order chi connectivity index (χ0) is 21.2. The van der Waals surface area contributed by atoms with Crippen molar-refractivity contribution in [3.05, 3.63) is 59.2 Å².